The van der Waals surface area contributed by atoms with Gasteiger partial charge in [0.05, 0.1) is 12.6 Å². The summed E-state index contributed by atoms with van der Waals surface area (Å²) in [6.45, 7) is 3.96. The minimum Gasteiger partial charge on any atom is -0.393 e. The van der Waals surface area contributed by atoms with Crippen molar-refractivity contribution >= 4 is 5.91 Å². The zero-order valence-corrected chi connectivity index (χ0v) is 11.1. The van der Waals surface area contributed by atoms with Crippen LogP contribution in [0.1, 0.15) is 25.1 Å². The van der Waals surface area contributed by atoms with Gasteiger partial charge in [-0.2, -0.15) is 0 Å². The average Bonchev–Trinajstić information content (AvgIpc) is 3.00. The van der Waals surface area contributed by atoms with E-state index in [9.17, 15) is 9.90 Å². The molecule has 7 nitrogen and oxygen atoms in total. The Balaban J connectivity index is 1.51. The molecule has 7 heteroatoms. The van der Waals surface area contributed by atoms with Crippen molar-refractivity contribution in [2.24, 2.45) is 11.8 Å². The van der Waals surface area contributed by atoms with E-state index in [2.05, 4.69) is 15.5 Å². The number of aliphatic hydroxyl groups excluding tert-OH is 1. The van der Waals surface area contributed by atoms with Crippen molar-refractivity contribution in [1.82, 2.24) is 25.1 Å². The van der Waals surface area contributed by atoms with Gasteiger partial charge in [0, 0.05) is 19.5 Å². The average molecular weight is 265 g/mol. The highest BCUT2D eigenvalue weighted by molar-refractivity contribution is 5.76. The lowest BCUT2D eigenvalue weighted by Gasteiger charge is -2.18. The molecule has 0 aromatic carbocycles. The first-order valence-corrected chi connectivity index (χ1v) is 6.82. The number of likely N-dealkylation sites (tertiary alicyclic amines) is 1. The molecular formula is C12H19N5O2. The molecule has 2 heterocycles. The molecule has 3 atom stereocenters. The molecule has 1 aliphatic heterocycles. The van der Waals surface area contributed by atoms with E-state index in [-0.39, 0.29) is 12.0 Å². The lowest BCUT2D eigenvalue weighted by molar-refractivity contribution is -0.130. The summed E-state index contributed by atoms with van der Waals surface area (Å²) in [5.41, 5.74) is 0. The molecule has 1 amide bonds. The minimum absolute atomic E-state index is 0.156. The molecule has 1 saturated carbocycles. The molecule has 1 saturated heterocycles. The quantitative estimate of drug-likeness (QED) is 0.804. The van der Waals surface area contributed by atoms with Crippen molar-refractivity contribution in [2.45, 2.75) is 38.8 Å². The summed E-state index contributed by atoms with van der Waals surface area (Å²) in [6, 6.07) is 0. The monoisotopic (exact) mass is 265 g/mol. The SMILES string of the molecule is Cc1nnnn1CCC(=O)N1C[C@H]2CC(O)C[C@H]2C1. The van der Waals surface area contributed by atoms with Gasteiger partial charge in [-0.3, -0.25) is 4.79 Å². The number of aromatic nitrogens is 4. The fourth-order valence-corrected chi connectivity index (χ4v) is 3.29. The van der Waals surface area contributed by atoms with E-state index >= 15 is 0 Å². The standard InChI is InChI=1S/C12H19N5O2/c1-8-13-14-15-17(8)3-2-12(19)16-6-9-4-11(18)5-10(9)7-16/h9-11,18H,2-7H2,1H3/t9-,10+,11?. The van der Waals surface area contributed by atoms with Gasteiger partial charge in [-0.1, -0.05) is 0 Å². The number of rotatable bonds is 3. The number of tetrazole rings is 1. The second-order valence-corrected chi connectivity index (χ2v) is 5.64. The maximum atomic E-state index is 12.1. The molecule has 0 spiro atoms. The Bertz CT molecular complexity index is 460. The highest BCUT2D eigenvalue weighted by atomic mass is 16.3. The van der Waals surface area contributed by atoms with E-state index in [0.29, 0.717) is 24.8 Å². The molecule has 104 valence electrons. The first kappa shape index (κ1) is 12.5. The van der Waals surface area contributed by atoms with Gasteiger partial charge in [-0.05, 0) is 42.0 Å². The third-order valence-electron chi connectivity index (χ3n) is 4.33. The number of aryl methyl sites for hydroxylation is 2. The summed E-state index contributed by atoms with van der Waals surface area (Å²) in [6.07, 6.45) is 1.98. The fourth-order valence-electron chi connectivity index (χ4n) is 3.29. The number of carbonyl (C=O) groups is 1. The molecule has 0 bridgehead atoms. The minimum atomic E-state index is -0.156. The molecule has 19 heavy (non-hydrogen) atoms. The van der Waals surface area contributed by atoms with E-state index in [1.54, 1.807) is 4.68 Å². The molecular weight excluding hydrogens is 246 g/mol. The highest BCUT2D eigenvalue weighted by Gasteiger charge is 2.41. The number of aliphatic hydroxyl groups is 1. The molecule has 1 aliphatic carbocycles. The number of nitrogens with zero attached hydrogens (tertiary/aromatic N) is 5. The predicted octanol–water partition coefficient (Wildman–Crippen LogP) is -0.399. The summed E-state index contributed by atoms with van der Waals surface area (Å²) >= 11 is 0. The fraction of sp³-hybridized carbons (Fsp3) is 0.833. The molecule has 0 radical (unpaired) electrons. The first-order chi connectivity index (χ1) is 9.13. The van der Waals surface area contributed by atoms with Gasteiger partial charge >= 0.3 is 0 Å². The Morgan fingerprint density at radius 2 is 2.05 bits per heavy atom. The van der Waals surface area contributed by atoms with Gasteiger partial charge in [0.1, 0.15) is 5.82 Å². The Kier molecular flexibility index (Phi) is 3.22. The first-order valence-electron chi connectivity index (χ1n) is 6.82. The molecule has 3 rings (SSSR count). The molecule has 2 fully saturated rings. The van der Waals surface area contributed by atoms with Gasteiger partial charge in [0.15, 0.2) is 0 Å². The van der Waals surface area contributed by atoms with E-state index in [1.807, 2.05) is 11.8 Å². The molecule has 1 aromatic heterocycles. The summed E-state index contributed by atoms with van der Waals surface area (Å²) in [7, 11) is 0. The van der Waals surface area contributed by atoms with Gasteiger partial charge in [0.25, 0.3) is 0 Å². The second kappa shape index (κ2) is 4.88. The van der Waals surface area contributed by atoms with Crippen LogP contribution in [0.5, 0.6) is 0 Å². The van der Waals surface area contributed by atoms with Crippen LogP contribution in [0.25, 0.3) is 0 Å². The van der Waals surface area contributed by atoms with Crippen molar-refractivity contribution in [3.05, 3.63) is 5.82 Å². The van der Waals surface area contributed by atoms with E-state index < -0.39 is 0 Å². The number of fused-ring (bicyclic) bond motifs is 1. The Morgan fingerprint density at radius 3 is 2.63 bits per heavy atom. The third kappa shape index (κ3) is 2.47. The van der Waals surface area contributed by atoms with Crippen LogP contribution in [0.15, 0.2) is 0 Å². The summed E-state index contributed by atoms with van der Waals surface area (Å²) in [4.78, 5) is 14.1. The zero-order chi connectivity index (χ0) is 13.4. The molecule has 1 aromatic rings. The molecule has 2 aliphatic rings. The Hall–Kier alpha value is -1.50. The van der Waals surface area contributed by atoms with E-state index in [1.165, 1.54) is 0 Å². The van der Waals surface area contributed by atoms with Crippen molar-refractivity contribution in [3.63, 3.8) is 0 Å². The van der Waals surface area contributed by atoms with Crippen LogP contribution in [-0.2, 0) is 11.3 Å². The summed E-state index contributed by atoms with van der Waals surface area (Å²) in [5, 5.41) is 20.8. The lowest BCUT2D eigenvalue weighted by atomic mass is 10.0. The van der Waals surface area contributed by atoms with Crippen molar-refractivity contribution < 1.29 is 9.90 Å². The van der Waals surface area contributed by atoms with Crippen LogP contribution in [0.2, 0.25) is 0 Å². The van der Waals surface area contributed by atoms with Crippen molar-refractivity contribution in [2.75, 3.05) is 13.1 Å². The Labute approximate surface area is 111 Å². The van der Waals surface area contributed by atoms with Gasteiger partial charge in [-0.25, -0.2) is 4.68 Å². The molecule has 1 unspecified atom stereocenters. The van der Waals surface area contributed by atoms with E-state index in [0.717, 1.165) is 31.8 Å². The maximum Gasteiger partial charge on any atom is 0.224 e. The summed E-state index contributed by atoms with van der Waals surface area (Å²) < 4.78 is 1.65. The maximum absolute atomic E-state index is 12.1. The molecule has 1 N–H and O–H groups in total. The zero-order valence-electron chi connectivity index (χ0n) is 11.1. The van der Waals surface area contributed by atoms with Gasteiger partial charge in [0.2, 0.25) is 5.91 Å². The van der Waals surface area contributed by atoms with Crippen LogP contribution in [-0.4, -0.2) is 55.3 Å². The Morgan fingerprint density at radius 1 is 1.37 bits per heavy atom. The normalized spacial score (nSPS) is 29.8. The van der Waals surface area contributed by atoms with Crippen LogP contribution < -0.4 is 0 Å². The number of hydrogen-bond acceptors (Lipinski definition) is 5. The van der Waals surface area contributed by atoms with E-state index in [4.69, 9.17) is 0 Å². The van der Waals surface area contributed by atoms with Gasteiger partial charge < -0.3 is 10.0 Å². The third-order valence-corrected chi connectivity index (χ3v) is 4.33. The summed E-state index contributed by atoms with van der Waals surface area (Å²) in [5.74, 6) is 1.88. The number of carbonyl (C=O) groups excluding carboxylic acids is 1. The van der Waals surface area contributed by atoms with Crippen LogP contribution in [0.3, 0.4) is 0 Å². The highest BCUT2D eigenvalue weighted by Crippen LogP contribution is 2.38. The smallest absolute Gasteiger partial charge is 0.224 e. The van der Waals surface area contributed by atoms with Crippen molar-refractivity contribution in [1.29, 1.82) is 0 Å². The van der Waals surface area contributed by atoms with Gasteiger partial charge in [-0.15, -0.1) is 5.10 Å². The van der Waals surface area contributed by atoms with Crippen LogP contribution in [0.4, 0.5) is 0 Å². The number of amides is 1. The van der Waals surface area contributed by atoms with Crippen molar-refractivity contribution in [3.8, 4) is 0 Å². The largest absolute Gasteiger partial charge is 0.393 e. The topological polar surface area (TPSA) is 84.1 Å². The van der Waals surface area contributed by atoms with Crippen LogP contribution >= 0.6 is 0 Å². The second-order valence-electron chi connectivity index (χ2n) is 5.64. The number of hydrogen-bond donors (Lipinski definition) is 1. The van der Waals surface area contributed by atoms with Crippen LogP contribution in [0, 0.1) is 18.8 Å². The predicted molar refractivity (Wildman–Crippen MR) is 66.0 cm³/mol. The lowest BCUT2D eigenvalue weighted by Crippen LogP contribution is -2.31.